The molecule has 0 heterocycles. The van der Waals surface area contributed by atoms with E-state index in [2.05, 4.69) is 10.1 Å². The highest BCUT2D eigenvalue weighted by atomic mass is 19.4. The third kappa shape index (κ3) is 8.70. The fourth-order valence-electron chi connectivity index (χ4n) is 1.82. The molecule has 1 aromatic rings. The molecule has 0 aromatic heterocycles. The standard InChI is InChI=1S/C15H18F3NO4/c1-10(5-14(21)22)8-19-13(20)7-11-3-2-4-12(6-11)23-9-15(16,17)18/h2-4,6,10H,5,7-9H2,1H3,(H,19,20)(H,21,22). The summed E-state index contributed by atoms with van der Waals surface area (Å²) < 4.78 is 40.9. The van der Waals surface area contributed by atoms with Crippen molar-refractivity contribution in [1.29, 1.82) is 0 Å². The molecule has 2 N–H and O–H groups in total. The molecule has 1 unspecified atom stereocenters. The summed E-state index contributed by atoms with van der Waals surface area (Å²) in [5.41, 5.74) is 0.507. The van der Waals surface area contributed by atoms with Crippen molar-refractivity contribution in [2.45, 2.75) is 25.9 Å². The van der Waals surface area contributed by atoms with Crippen LogP contribution in [0.2, 0.25) is 0 Å². The third-order valence-electron chi connectivity index (χ3n) is 2.84. The van der Waals surface area contributed by atoms with E-state index in [9.17, 15) is 22.8 Å². The van der Waals surface area contributed by atoms with E-state index in [1.165, 1.54) is 18.2 Å². The molecule has 0 radical (unpaired) electrons. The lowest BCUT2D eigenvalue weighted by atomic mass is 10.1. The van der Waals surface area contributed by atoms with E-state index < -0.39 is 18.8 Å². The van der Waals surface area contributed by atoms with E-state index in [4.69, 9.17) is 5.11 Å². The molecule has 0 aliphatic carbocycles. The van der Waals surface area contributed by atoms with Gasteiger partial charge >= 0.3 is 12.1 Å². The number of nitrogens with one attached hydrogen (secondary N) is 1. The van der Waals surface area contributed by atoms with Crippen molar-refractivity contribution in [3.8, 4) is 5.75 Å². The molecule has 1 rings (SSSR count). The summed E-state index contributed by atoms with van der Waals surface area (Å²) in [6.45, 7) is 0.519. The number of carbonyl (C=O) groups is 2. The van der Waals surface area contributed by atoms with Gasteiger partial charge in [-0.05, 0) is 23.6 Å². The largest absolute Gasteiger partial charge is 0.484 e. The van der Waals surface area contributed by atoms with Gasteiger partial charge < -0.3 is 15.2 Å². The van der Waals surface area contributed by atoms with Gasteiger partial charge in [0.25, 0.3) is 0 Å². The van der Waals surface area contributed by atoms with E-state index in [1.54, 1.807) is 13.0 Å². The van der Waals surface area contributed by atoms with Gasteiger partial charge in [0.1, 0.15) is 5.75 Å². The lowest BCUT2D eigenvalue weighted by Crippen LogP contribution is -2.30. The first-order chi connectivity index (χ1) is 10.7. The number of amides is 1. The zero-order valence-corrected chi connectivity index (χ0v) is 12.5. The number of carboxylic acid groups (broad SMARTS) is 1. The van der Waals surface area contributed by atoms with E-state index >= 15 is 0 Å². The summed E-state index contributed by atoms with van der Waals surface area (Å²) in [7, 11) is 0. The summed E-state index contributed by atoms with van der Waals surface area (Å²) in [5.74, 6) is -1.46. The zero-order chi connectivity index (χ0) is 17.5. The molecular weight excluding hydrogens is 315 g/mol. The Morgan fingerprint density at radius 2 is 2.04 bits per heavy atom. The van der Waals surface area contributed by atoms with Crippen LogP contribution in [0, 0.1) is 5.92 Å². The highest BCUT2D eigenvalue weighted by Gasteiger charge is 2.28. The normalized spacial score (nSPS) is 12.5. The van der Waals surface area contributed by atoms with Gasteiger partial charge in [-0.25, -0.2) is 0 Å². The summed E-state index contributed by atoms with van der Waals surface area (Å²) in [6, 6.07) is 5.84. The van der Waals surface area contributed by atoms with Gasteiger partial charge in [-0.15, -0.1) is 0 Å². The highest BCUT2D eigenvalue weighted by molar-refractivity contribution is 5.78. The molecule has 0 bridgehead atoms. The number of hydrogen-bond acceptors (Lipinski definition) is 3. The van der Waals surface area contributed by atoms with Crippen molar-refractivity contribution < 1.29 is 32.6 Å². The molecule has 1 atom stereocenters. The first-order valence-corrected chi connectivity index (χ1v) is 6.92. The summed E-state index contributed by atoms with van der Waals surface area (Å²) in [5, 5.41) is 11.2. The lowest BCUT2D eigenvalue weighted by molar-refractivity contribution is -0.153. The molecule has 0 spiro atoms. The van der Waals surface area contributed by atoms with Crippen molar-refractivity contribution in [3.63, 3.8) is 0 Å². The quantitative estimate of drug-likeness (QED) is 0.766. The van der Waals surface area contributed by atoms with Gasteiger partial charge in [-0.2, -0.15) is 13.2 Å². The minimum absolute atomic E-state index is 0.0248. The monoisotopic (exact) mass is 333 g/mol. The van der Waals surface area contributed by atoms with Crippen LogP contribution in [0.1, 0.15) is 18.9 Å². The van der Waals surface area contributed by atoms with Gasteiger partial charge in [0.05, 0.1) is 6.42 Å². The van der Waals surface area contributed by atoms with Crippen molar-refractivity contribution in [1.82, 2.24) is 5.32 Å². The predicted octanol–water partition coefficient (Wildman–Crippen LogP) is 2.40. The lowest BCUT2D eigenvalue weighted by Gasteiger charge is -2.12. The zero-order valence-electron chi connectivity index (χ0n) is 12.5. The molecular formula is C15H18F3NO4. The number of halogens is 3. The van der Waals surface area contributed by atoms with Crippen LogP contribution in [0.3, 0.4) is 0 Å². The van der Waals surface area contributed by atoms with Crippen molar-refractivity contribution in [2.24, 2.45) is 5.92 Å². The Hall–Kier alpha value is -2.25. The molecule has 0 fully saturated rings. The number of benzene rings is 1. The van der Waals surface area contributed by atoms with E-state index in [0.717, 1.165) is 0 Å². The first-order valence-electron chi connectivity index (χ1n) is 6.92. The first kappa shape index (κ1) is 18.8. The average molecular weight is 333 g/mol. The molecule has 23 heavy (non-hydrogen) atoms. The number of rotatable bonds is 8. The maximum Gasteiger partial charge on any atom is 0.422 e. The van der Waals surface area contributed by atoms with Crippen molar-refractivity contribution in [2.75, 3.05) is 13.2 Å². The SMILES string of the molecule is CC(CNC(=O)Cc1cccc(OCC(F)(F)F)c1)CC(=O)O. The van der Waals surface area contributed by atoms with Crippen LogP contribution in [0.25, 0.3) is 0 Å². The van der Waals surface area contributed by atoms with Crippen LogP contribution in [-0.2, 0) is 16.0 Å². The number of alkyl halides is 3. The van der Waals surface area contributed by atoms with Gasteiger partial charge in [0.2, 0.25) is 5.91 Å². The topological polar surface area (TPSA) is 75.6 Å². The average Bonchev–Trinajstić information content (AvgIpc) is 2.42. The molecule has 0 saturated heterocycles. The molecule has 1 amide bonds. The van der Waals surface area contributed by atoms with E-state index in [1.807, 2.05) is 0 Å². The maximum atomic E-state index is 12.1. The predicted molar refractivity (Wildman–Crippen MR) is 76.1 cm³/mol. The fourth-order valence-corrected chi connectivity index (χ4v) is 1.82. The molecule has 0 saturated carbocycles. The van der Waals surface area contributed by atoms with Gasteiger partial charge in [0.15, 0.2) is 6.61 Å². The van der Waals surface area contributed by atoms with Crippen molar-refractivity contribution >= 4 is 11.9 Å². The molecule has 0 aliphatic heterocycles. The Kier molecular flexibility index (Phi) is 6.87. The summed E-state index contributed by atoms with van der Waals surface area (Å²) in [6.07, 6.45) is -4.50. The molecule has 8 heteroatoms. The Morgan fingerprint density at radius 3 is 2.65 bits per heavy atom. The number of carbonyl (C=O) groups excluding carboxylic acids is 1. The van der Waals surface area contributed by atoms with Crippen LogP contribution >= 0.6 is 0 Å². The van der Waals surface area contributed by atoms with Crippen LogP contribution in [0.15, 0.2) is 24.3 Å². The van der Waals surface area contributed by atoms with Crippen LogP contribution in [-0.4, -0.2) is 36.3 Å². The molecule has 1 aromatic carbocycles. The molecule has 0 aliphatic rings. The van der Waals surface area contributed by atoms with Crippen LogP contribution < -0.4 is 10.1 Å². The molecule has 5 nitrogen and oxygen atoms in total. The van der Waals surface area contributed by atoms with Crippen LogP contribution in [0.5, 0.6) is 5.75 Å². The smallest absolute Gasteiger partial charge is 0.422 e. The Labute approximate surface area is 131 Å². The Bertz CT molecular complexity index is 546. The highest BCUT2D eigenvalue weighted by Crippen LogP contribution is 2.19. The van der Waals surface area contributed by atoms with Crippen molar-refractivity contribution in [3.05, 3.63) is 29.8 Å². The maximum absolute atomic E-state index is 12.1. The number of carboxylic acids is 1. The van der Waals surface area contributed by atoms with E-state index in [0.29, 0.717) is 5.56 Å². The van der Waals surface area contributed by atoms with Gasteiger partial charge in [-0.1, -0.05) is 19.1 Å². The summed E-state index contributed by atoms with van der Waals surface area (Å²) in [4.78, 5) is 22.3. The Balaban J connectivity index is 2.47. The molecule has 128 valence electrons. The van der Waals surface area contributed by atoms with Crippen LogP contribution in [0.4, 0.5) is 13.2 Å². The number of hydrogen-bond donors (Lipinski definition) is 2. The minimum Gasteiger partial charge on any atom is -0.484 e. The third-order valence-corrected chi connectivity index (χ3v) is 2.84. The second-order valence-corrected chi connectivity index (χ2v) is 5.24. The fraction of sp³-hybridized carbons (Fsp3) is 0.467. The van der Waals surface area contributed by atoms with Gasteiger partial charge in [0, 0.05) is 13.0 Å². The Morgan fingerprint density at radius 1 is 1.35 bits per heavy atom. The number of aliphatic carboxylic acids is 1. The summed E-state index contributed by atoms with van der Waals surface area (Å²) >= 11 is 0. The van der Waals surface area contributed by atoms with E-state index in [-0.39, 0.29) is 37.0 Å². The minimum atomic E-state index is -4.42. The number of ether oxygens (including phenoxy) is 1. The second kappa shape index (κ2) is 8.40. The van der Waals surface area contributed by atoms with Gasteiger partial charge in [-0.3, -0.25) is 9.59 Å². The second-order valence-electron chi connectivity index (χ2n) is 5.24.